The highest BCUT2D eigenvalue weighted by molar-refractivity contribution is 5.91. The molecule has 0 aliphatic carbocycles. The summed E-state index contributed by atoms with van der Waals surface area (Å²) >= 11 is 0. The van der Waals surface area contributed by atoms with Gasteiger partial charge in [-0.3, -0.25) is 4.98 Å². The summed E-state index contributed by atoms with van der Waals surface area (Å²) in [5, 5.41) is 3.97. The van der Waals surface area contributed by atoms with Gasteiger partial charge in [-0.25, -0.2) is 9.59 Å². The van der Waals surface area contributed by atoms with Gasteiger partial charge in [0.25, 0.3) is 0 Å². The van der Waals surface area contributed by atoms with Crippen LogP contribution in [0.3, 0.4) is 0 Å². The smallest absolute Gasteiger partial charge is 0.434 e. The number of rotatable bonds is 4. The molecule has 0 atom stereocenters. The van der Waals surface area contributed by atoms with Crippen LogP contribution in [0.1, 0.15) is 16.1 Å². The van der Waals surface area contributed by atoms with Crippen LogP contribution in [0.5, 0.6) is 5.75 Å². The zero-order chi connectivity index (χ0) is 21.7. The molecule has 3 rings (SSSR count). The molecule has 2 amide bonds. The van der Waals surface area contributed by atoms with E-state index in [-0.39, 0.29) is 32.2 Å². The third-order valence-electron chi connectivity index (χ3n) is 4.36. The number of carbonyl (C=O) groups is 2. The van der Waals surface area contributed by atoms with Gasteiger partial charge in [0, 0.05) is 31.0 Å². The molecular formula is C19H19F3N4O4. The number of hydrogen-bond donors (Lipinski definition) is 1. The Morgan fingerprint density at radius 3 is 2.50 bits per heavy atom. The molecule has 11 heteroatoms. The lowest BCUT2D eigenvalue weighted by Gasteiger charge is -2.33. The predicted molar refractivity (Wildman–Crippen MR) is 99.8 cm³/mol. The molecule has 1 aromatic carbocycles. The molecule has 1 aliphatic heterocycles. The molecule has 2 heterocycles. The van der Waals surface area contributed by atoms with E-state index in [1.807, 2.05) is 0 Å². The maximum atomic E-state index is 13.0. The summed E-state index contributed by atoms with van der Waals surface area (Å²) in [5.74, 6) is -0.553. The van der Waals surface area contributed by atoms with Crippen LogP contribution in [-0.4, -0.2) is 60.2 Å². The van der Waals surface area contributed by atoms with Crippen molar-refractivity contribution in [1.82, 2.24) is 14.9 Å². The Kier molecular flexibility index (Phi) is 6.40. The van der Waals surface area contributed by atoms with Gasteiger partial charge in [0.05, 0.1) is 25.8 Å². The first-order valence-corrected chi connectivity index (χ1v) is 8.97. The lowest BCUT2D eigenvalue weighted by atomic mass is 10.2. The van der Waals surface area contributed by atoms with Crippen LogP contribution in [0, 0.1) is 0 Å². The maximum absolute atomic E-state index is 13.0. The molecule has 1 saturated heterocycles. The first-order valence-electron chi connectivity index (χ1n) is 8.97. The fraction of sp³-hybridized carbons (Fsp3) is 0.316. The SMILES string of the molecule is COc1cccc(NC(=O)N2CCN(OC(=O)c3cccnc3C(F)(F)F)CC2)c1. The first-order chi connectivity index (χ1) is 14.3. The number of aromatic nitrogens is 1. The fourth-order valence-corrected chi connectivity index (χ4v) is 2.85. The second-order valence-corrected chi connectivity index (χ2v) is 6.35. The Hall–Kier alpha value is -3.34. The van der Waals surface area contributed by atoms with E-state index in [2.05, 4.69) is 10.3 Å². The molecule has 1 aliphatic rings. The molecule has 2 aromatic rings. The molecule has 0 saturated carbocycles. The van der Waals surface area contributed by atoms with Crippen LogP contribution < -0.4 is 10.1 Å². The molecule has 0 radical (unpaired) electrons. The molecular weight excluding hydrogens is 405 g/mol. The number of nitrogens with zero attached hydrogens (tertiary/aromatic N) is 3. The average Bonchev–Trinajstić information content (AvgIpc) is 2.73. The number of ether oxygens (including phenoxy) is 1. The van der Waals surface area contributed by atoms with Gasteiger partial charge < -0.3 is 19.8 Å². The molecule has 0 spiro atoms. The van der Waals surface area contributed by atoms with Crippen molar-refractivity contribution >= 4 is 17.7 Å². The monoisotopic (exact) mass is 424 g/mol. The molecule has 1 N–H and O–H groups in total. The Morgan fingerprint density at radius 2 is 1.83 bits per heavy atom. The number of pyridine rings is 1. The number of urea groups is 1. The number of nitrogens with one attached hydrogen (secondary N) is 1. The first kappa shape index (κ1) is 21.4. The van der Waals surface area contributed by atoms with Crippen molar-refractivity contribution < 1.29 is 32.3 Å². The number of halogens is 3. The summed E-state index contributed by atoms with van der Waals surface area (Å²) in [6.07, 6.45) is -3.81. The van der Waals surface area contributed by atoms with Gasteiger partial charge >= 0.3 is 18.2 Å². The van der Waals surface area contributed by atoms with Gasteiger partial charge in [-0.05, 0) is 24.3 Å². The van der Waals surface area contributed by atoms with E-state index in [1.165, 1.54) is 23.1 Å². The third kappa shape index (κ3) is 5.17. The van der Waals surface area contributed by atoms with Gasteiger partial charge in [0.2, 0.25) is 0 Å². The Labute approximate surface area is 170 Å². The van der Waals surface area contributed by atoms with E-state index < -0.39 is 23.4 Å². The van der Waals surface area contributed by atoms with Crippen LogP contribution in [0.25, 0.3) is 0 Å². The van der Waals surface area contributed by atoms with Gasteiger partial charge in [0.15, 0.2) is 5.69 Å². The number of methoxy groups -OCH3 is 1. The van der Waals surface area contributed by atoms with Gasteiger partial charge in [0.1, 0.15) is 5.75 Å². The minimum atomic E-state index is -4.77. The summed E-state index contributed by atoms with van der Waals surface area (Å²) in [5.41, 5.74) is -1.40. The average molecular weight is 424 g/mol. The van der Waals surface area contributed by atoms with Crippen LogP contribution in [0.15, 0.2) is 42.6 Å². The minimum Gasteiger partial charge on any atom is -0.497 e. The zero-order valence-electron chi connectivity index (χ0n) is 16.0. The quantitative estimate of drug-likeness (QED) is 0.813. The van der Waals surface area contributed by atoms with E-state index in [9.17, 15) is 22.8 Å². The topological polar surface area (TPSA) is 84.0 Å². The second-order valence-electron chi connectivity index (χ2n) is 6.35. The Bertz CT molecular complexity index is 915. The van der Waals surface area contributed by atoms with E-state index in [0.717, 1.165) is 12.3 Å². The van der Waals surface area contributed by atoms with E-state index in [4.69, 9.17) is 9.57 Å². The number of amides is 2. The van der Waals surface area contributed by atoms with Gasteiger partial charge in [-0.15, -0.1) is 5.06 Å². The number of hydroxylamine groups is 2. The maximum Gasteiger partial charge on any atom is 0.434 e. The molecule has 8 nitrogen and oxygen atoms in total. The lowest BCUT2D eigenvalue weighted by Crippen LogP contribution is -2.50. The summed E-state index contributed by atoms with van der Waals surface area (Å²) in [7, 11) is 1.52. The van der Waals surface area contributed by atoms with Crippen LogP contribution in [0.2, 0.25) is 0 Å². The second kappa shape index (κ2) is 8.99. The summed E-state index contributed by atoms with van der Waals surface area (Å²) in [6, 6.07) is 8.75. The number of piperazine rings is 1. The number of carbonyl (C=O) groups excluding carboxylic acids is 2. The summed E-state index contributed by atoms with van der Waals surface area (Å²) in [4.78, 5) is 34.4. The summed E-state index contributed by atoms with van der Waals surface area (Å²) < 4.78 is 44.1. The van der Waals surface area contributed by atoms with Crippen LogP contribution >= 0.6 is 0 Å². The van der Waals surface area contributed by atoms with E-state index in [0.29, 0.717) is 11.4 Å². The van der Waals surface area contributed by atoms with E-state index >= 15 is 0 Å². The van der Waals surface area contributed by atoms with Crippen molar-refractivity contribution in [3.8, 4) is 5.75 Å². The Balaban J connectivity index is 1.54. The number of hydrogen-bond acceptors (Lipinski definition) is 6. The number of benzene rings is 1. The summed E-state index contributed by atoms with van der Waals surface area (Å²) in [6.45, 7) is 0.752. The fourth-order valence-electron chi connectivity index (χ4n) is 2.85. The van der Waals surface area contributed by atoms with Crippen molar-refractivity contribution in [2.75, 3.05) is 38.6 Å². The number of alkyl halides is 3. The standard InChI is InChI=1S/C19H19F3N4O4/c1-29-14-5-2-4-13(12-14)24-18(28)25-8-10-26(11-9-25)30-17(27)15-6-3-7-23-16(15)19(20,21)22/h2-7,12H,8-11H2,1H3,(H,24,28). The number of anilines is 1. The van der Waals surface area contributed by atoms with Crippen LogP contribution in [-0.2, 0) is 11.0 Å². The lowest BCUT2D eigenvalue weighted by molar-refractivity contribution is -0.144. The van der Waals surface area contributed by atoms with E-state index in [1.54, 1.807) is 24.3 Å². The third-order valence-corrected chi connectivity index (χ3v) is 4.36. The molecule has 0 bridgehead atoms. The van der Waals surface area contributed by atoms with Crippen molar-refractivity contribution in [1.29, 1.82) is 0 Å². The highest BCUT2D eigenvalue weighted by Crippen LogP contribution is 2.30. The molecule has 0 unspecified atom stereocenters. The molecule has 160 valence electrons. The minimum absolute atomic E-state index is 0.152. The molecule has 30 heavy (non-hydrogen) atoms. The largest absolute Gasteiger partial charge is 0.497 e. The molecule has 1 aromatic heterocycles. The van der Waals surface area contributed by atoms with Crippen molar-refractivity contribution in [2.24, 2.45) is 0 Å². The van der Waals surface area contributed by atoms with Crippen molar-refractivity contribution in [3.63, 3.8) is 0 Å². The highest BCUT2D eigenvalue weighted by Gasteiger charge is 2.38. The van der Waals surface area contributed by atoms with Crippen LogP contribution in [0.4, 0.5) is 23.7 Å². The van der Waals surface area contributed by atoms with Gasteiger partial charge in [-0.1, -0.05) is 6.07 Å². The van der Waals surface area contributed by atoms with Crippen molar-refractivity contribution in [3.05, 3.63) is 53.9 Å². The zero-order valence-corrected chi connectivity index (χ0v) is 16.0. The highest BCUT2D eigenvalue weighted by atomic mass is 19.4. The van der Waals surface area contributed by atoms with Gasteiger partial charge in [-0.2, -0.15) is 13.2 Å². The normalized spacial score (nSPS) is 14.9. The molecule has 1 fully saturated rings. The Morgan fingerprint density at radius 1 is 1.10 bits per heavy atom. The predicted octanol–water partition coefficient (Wildman–Crippen LogP) is 3.03. The van der Waals surface area contributed by atoms with Crippen molar-refractivity contribution in [2.45, 2.75) is 6.18 Å².